The van der Waals surface area contributed by atoms with E-state index in [0.29, 0.717) is 12.1 Å². The Morgan fingerprint density at radius 2 is 2.05 bits per heavy atom. The number of aryl methyl sites for hydroxylation is 1. The zero-order chi connectivity index (χ0) is 15.0. The quantitative estimate of drug-likeness (QED) is 0.911. The largest absolute Gasteiger partial charge is 0.391 e. The van der Waals surface area contributed by atoms with E-state index in [1.54, 1.807) is 36.3 Å². The second-order valence-electron chi connectivity index (χ2n) is 5.25. The molecule has 5 nitrogen and oxygen atoms in total. The number of likely N-dealkylation sites (tertiary alicyclic amines) is 1. The Morgan fingerprint density at radius 3 is 2.67 bits per heavy atom. The zero-order valence-corrected chi connectivity index (χ0v) is 11.6. The number of β-amino-alcohol motifs (C(OH)–C–C–N with tert-alkyl or cyclic N) is 1. The number of hydrogen-bond acceptors (Lipinski definition) is 3. The Kier molecular flexibility index (Phi) is 3.47. The third-order valence-corrected chi connectivity index (χ3v) is 3.83. The molecule has 1 aromatic heterocycles. The normalized spacial score (nSPS) is 21.8. The molecule has 21 heavy (non-hydrogen) atoms. The highest BCUT2D eigenvalue weighted by molar-refractivity contribution is 5.93. The molecule has 1 aromatic carbocycles. The number of halogens is 1. The molecule has 2 heterocycles. The van der Waals surface area contributed by atoms with Crippen LogP contribution in [0.4, 0.5) is 4.39 Å². The molecule has 0 saturated carbocycles. The lowest BCUT2D eigenvalue weighted by Gasteiger charge is -2.24. The van der Waals surface area contributed by atoms with Crippen LogP contribution in [0.2, 0.25) is 0 Å². The van der Waals surface area contributed by atoms with Gasteiger partial charge in [0.15, 0.2) is 0 Å². The van der Waals surface area contributed by atoms with Crippen molar-refractivity contribution in [3.8, 4) is 0 Å². The Bertz CT molecular complexity index is 653. The molecule has 1 fully saturated rings. The van der Waals surface area contributed by atoms with Gasteiger partial charge in [0.05, 0.1) is 12.1 Å². The van der Waals surface area contributed by atoms with Gasteiger partial charge in [0.25, 0.3) is 5.91 Å². The van der Waals surface area contributed by atoms with Gasteiger partial charge in [-0.05, 0) is 30.2 Å². The smallest absolute Gasteiger partial charge is 0.272 e. The lowest BCUT2D eigenvalue weighted by atomic mass is 10.0. The highest BCUT2D eigenvalue weighted by atomic mass is 19.1. The summed E-state index contributed by atoms with van der Waals surface area (Å²) in [7, 11) is 1.70. The number of carbonyl (C=O) groups is 1. The van der Waals surface area contributed by atoms with Gasteiger partial charge in [-0.2, -0.15) is 5.10 Å². The molecular weight excluding hydrogens is 273 g/mol. The number of benzene rings is 1. The second-order valence-corrected chi connectivity index (χ2v) is 5.25. The van der Waals surface area contributed by atoms with Crippen molar-refractivity contribution in [2.45, 2.75) is 18.6 Å². The molecule has 0 unspecified atom stereocenters. The van der Waals surface area contributed by atoms with E-state index in [1.807, 2.05) is 0 Å². The van der Waals surface area contributed by atoms with Gasteiger partial charge in [-0.15, -0.1) is 0 Å². The molecule has 3 rings (SSSR count). The van der Waals surface area contributed by atoms with Gasteiger partial charge in [-0.25, -0.2) is 4.39 Å². The maximum absolute atomic E-state index is 13.0. The third kappa shape index (κ3) is 2.54. The number of carbonyl (C=O) groups excluding carboxylic acids is 1. The molecule has 0 spiro atoms. The van der Waals surface area contributed by atoms with Crippen molar-refractivity contribution in [2.75, 3.05) is 6.54 Å². The monoisotopic (exact) mass is 289 g/mol. The van der Waals surface area contributed by atoms with Gasteiger partial charge in [-0.3, -0.25) is 9.48 Å². The van der Waals surface area contributed by atoms with E-state index in [9.17, 15) is 14.3 Å². The summed E-state index contributed by atoms with van der Waals surface area (Å²) in [5.41, 5.74) is 1.29. The Labute approximate surface area is 121 Å². The van der Waals surface area contributed by atoms with Crippen molar-refractivity contribution in [1.82, 2.24) is 14.7 Å². The van der Waals surface area contributed by atoms with E-state index in [-0.39, 0.29) is 24.3 Å². The molecule has 0 radical (unpaired) electrons. The topological polar surface area (TPSA) is 58.4 Å². The van der Waals surface area contributed by atoms with Crippen molar-refractivity contribution in [1.29, 1.82) is 0 Å². The maximum Gasteiger partial charge on any atom is 0.272 e. The van der Waals surface area contributed by atoms with E-state index >= 15 is 0 Å². The standard InChI is InChI=1S/C15H16FN3O2/c1-18-13(6-7-17-18)15(21)19-9-12(20)8-14(19)10-2-4-11(16)5-3-10/h2-7,12,14,20H,8-9H2,1H3/t12-,14+/m1/s1. The predicted octanol–water partition coefficient (Wildman–Crippen LogP) is 1.51. The average molecular weight is 289 g/mol. The number of nitrogens with zero attached hydrogens (tertiary/aromatic N) is 3. The van der Waals surface area contributed by atoms with Crippen LogP contribution in [-0.4, -0.2) is 38.3 Å². The summed E-state index contributed by atoms with van der Waals surface area (Å²) in [6.45, 7) is 0.270. The first-order valence-corrected chi connectivity index (χ1v) is 6.79. The lowest BCUT2D eigenvalue weighted by Crippen LogP contribution is -2.33. The highest BCUT2D eigenvalue weighted by Crippen LogP contribution is 2.33. The Hall–Kier alpha value is -2.21. The van der Waals surface area contributed by atoms with Crippen LogP contribution in [-0.2, 0) is 7.05 Å². The van der Waals surface area contributed by atoms with Crippen LogP contribution in [0.1, 0.15) is 28.5 Å². The van der Waals surface area contributed by atoms with Gasteiger partial charge >= 0.3 is 0 Å². The van der Waals surface area contributed by atoms with Gasteiger partial charge in [0.1, 0.15) is 11.5 Å². The van der Waals surface area contributed by atoms with Crippen LogP contribution in [0.15, 0.2) is 36.5 Å². The molecule has 1 amide bonds. The summed E-state index contributed by atoms with van der Waals surface area (Å²) < 4.78 is 14.5. The number of rotatable bonds is 2. The van der Waals surface area contributed by atoms with Crippen molar-refractivity contribution in [3.05, 3.63) is 53.6 Å². The number of aliphatic hydroxyl groups excluding tert-OH is 1. The number of aliphatic hydroxyl groups is 1. The van der Waals surface area contributed by atoms with E-state index in [0.717, 1.165) is 5.56 Å². The summed E-state index contributed by atoms with van der Waals surface area (Å²) in [5.74, 6) is -0.498. The second kappa shape index (κ2) is 5.29. The first kappa shape index (κ1) is 13.8. The molecule has 110 valence electrons. The van der Waals surface area contributed by atoms with Gasteiger partial charge in [0, 0.05) is 19.8 Å². The average Bonchev–Trinajstić information content (AvgIpc) is 3.05. The van der Waals surface area contributed by atoms with Crippen LogP contribution in [0, 0.1) is 5.82 Å². The van der Waals surface area contributed by atoms with Gasteiger partial charge in [-0.1, -0.05) is 12.1 Å². The summed E-state index contributed by atoms with van der Waals surface area (Å²) in [6.07, 6.45) is 1.44. The van der Waals surface area contributed by atoms with E-state index in [4.69, 9.17) is 0 Å². The van der Waals surface area contributed by atoms with Crippen LogP contribution < -0.4 is 0 Å². The van der Waals surface area contributed by atoms with E-state index in [2.05, 4.69) is 5.10 Å². The fourth-order valence-corrected chi connectivity index (χ4v) is 2.77. The van der Waals surface area contributed by atoms with Crippen LogP contribution in [0.5, 0.6) is 0 Å². The highest BCUT2D eigenvalue weighted by Gasteiger charge is 2.36. The summed E-state index contributed by atoms with van der Waals surface area (Å²) in [5, 5.41) is 13.9. The minimum absolute atomic E-state index is 0.180. The molecule has 0 aliphatic carbocycles. The van der Waals surface area contributed by atoms with Crippen LogP contribution in [0.3, 0.4) is 0 Å². The maximum atomic E-state index is 13.0. The van der Waals surface area contributed by atoms with Gasteiger partial charge < -0.3 is 10.0 Å². The number of hydrogen-bond donors (Lipinski definition) is 1. The molecule has 1 N–H and O–H groups in total. The van der Waals surface area contributed by atoms with Crippen LogP contribution >= 0.6 is 0 Å². The SMILES string of the molecule is Cn1nccc1C(=O)N1C[C@H](O)C[C@H]1c1ccc(F)cc1. The summed E-state index contributed by atoms with van der Waals surface area (Å²) in [4.78, 5) is 14.2. The third-order valence-electron chi connectivity index (χ3n) is 3.83. The Balaban J connectivity index is 1.91. The van der Waals surface area contributed by atoms with Crippen molar-refractivity contribution < 1.29 is 14.3 Å². The lowest BCUT2D eigenvalue weighted by molar-refractivity contribution is 0.0704. The summed E-state index contributed by atoms with van der Waals surface area (Å²) >= 11 is 0. The number of amides is 1. The van der Waals surface area contributed by atoms with Crippen molar-refractivity contribution in [3.63, 3.8) is 0 Å². The van der Waals surface area contributed by atoms with Crippen LogP contribution in [0.25, 0.3) is 0 Å². The van der Waals surface area contributed by atoms with E-state index in [1.165, 1.54) is 16.8 Å². The fraction of sp³-hybridized carbons (Fsp3) is 0.333. The molecule has 1 saturated heterocycles. The van der Waals surface area contributed by atoms with Crippen molar-refractivity contribution >= 4 is 5.91 Å². The predicted molar refractivity (Wildman–Crippen MR) is 74.0 cm³/mol. The van der Waals surface area contributed by atoms with Gasteiger partial charge in [0.2, 0.25) is 0 Å². The first-order chi connectivity index (χ1) is 10.1. The first-order valence-electron chi connectivity index (χ1n) is 6.79. The molecule has 2 atom stereocenters. The van der Waals surface area contributed by atoms with Crippen molar-refractivity contribution in [2.24, 2.45) is 7.05 Å². The molecule has 1 aliphatic heterocycles. The minimum Gasteiger partial charge on any atom is -0.391 e. The zero-order valence-electron chi connectivity index (χ0n) is 11.6. The molecular formula is C15H16FN3O2. The fourth-order valence-electron chi connectivity index (χ4n) is 2.77. The van der Waals surface area contributed by atoms with E-state index < -0.39 is 6.10 Å². The minimum atomic E-state index is -0.572. The Morgan fingerprint density at radius 1 is 1.33 bits per heavy atom. The molecule has 2 aromatic rings. The summed E-state index contributed by atoms with van der Waals surface area (Å²) in [6, 6.07) is 7.44. The molecule has 0 bridgehead atoms. The molecule has 6 heteroatoms. The number of aromatic nitrogens is 2. The molecule has 1 aliphatic rings.